The molecular formula is C10H12FNO3S. The molecule has 1 aromatic carbocycles. The fraction of sp³-hybridized carbons (Fsp3) is 0.400. The maximum absolute atomic E-state index is 13.0. The van der Waals surface area contributed by atoms with E-state index in [0.717, 1.165) is 12.1 Å². The van der Waals surface area contributed by atoms with Gasteiger partial charge in [-0.05, 0) is 24.6 Å². The number of anilines is 1. The fourth-order valence-electron chi connectivity index (χ4n) is 1.81. The number of hydrogen-bond donors (Lipinski definition) is 2. The van der Waals surface area contributed by atoms with Gasteiger partial charge in [0.1, 0.15) is 5.82 Å². The number of nitrogens with one attached hydrogen (secondary N) is 1. The smallest absolute Gasteiger partial charge is 0.182 e. The lowest BCUT2D eigenvalue weighted by Crippen LogP contribution is -2.34. The van der Waals surface area contributed by atoms with E-state index in [0.29, 0.717) is 6.42 Å². The van der Waals surface area contributed by atoms with Crippen LogP contribution in [-0.4, -0.2) is 31.9 Å². The molecule has 0 fully saturated rings. The van der Waals surface area contributed by atoms with Crippen LogP contribution >= 0.6 is 0 Å². The van der Waals surface area contributed by atoms with E-state index in [1.54, 1.807) is 0 Å². The van der Waals surface area contributed by atoms with Crippen molar-refractivity contribution in [2.75, 3.05) is 17.7 Å². The average Bonchev–Trinajstić information content (AvgIpc) is 2.15. The van der Waals surface area contributed by atoms with Crippen LogP contribution in [0.4, 0.5) is 10.1 Å². The Hall–Kier alpha value is -1.14. The van der Waals surface area contributed by atoms with Crippen LogP contribution in [0.15, 0.2) is 23.1 Å². The van der Waals surface area contributed by atoms with E-state index in [-0.39, 0.29) is 29.0 Å². The summed E-state index contributed by atoms with van der Waals surface area (Å²) in [4.78, 5) is 0.128. The van der Waals surface area contributed by atoms with Gasteiger partial charge in [0.05, 0.1) is 16.3 Å². The predicted octanol–water partition coefficient (Wildman–Crippen LogP) is 0.776. The summed E-state index contributed by atoms with van der Waals surface area (Å²) >= 11 is 0. The first-order valence-corrected chi connectivity index (χ1v) is 6.58. The molecule has 6 heteroatoms. The van der Waals surface area contributed by atoms with Crippen molar-refractivity contribution in [3.63, 3.8) is 0 Å². The summed E-state index contributed by atoms with van der Waals surface area (Å²) in [5.41, 5.74) is 0.282. The molecule has 0 bridgehead atoms. The molecule has 0 saturated heterocycles. The van der Waals surface area contributed by atoms with Crippen molar-refractivity contribution >= 4 is 15.5 Å². The van der Waals surface area contributed by atoms with Gasteiger partial charge in [-0.15, -0.1) is 0 Å². The monoisotopic (exact) mass is 245 g/mol. The van der Waals surface area contributed by atoms with Gasteiger partial charge in [-0.1, -0.05) is 0 Å². The summed E-state index contributed by atoms with van der Waals surface area (Å²) in [5, 5.41) is 11.7. The van der Waals surface area contributed by atoms with Gasteiger partial charge in [-0.25, -0.2) is 12.8 Å². The lowest BCUT2D eigenvalue weighted by Gasteiger charge is -2.26. The zero-order valence-corrected chi connectivity index (χ0v) is 9.30. The van der Waals surface area contributed by atoms with Crippen molar-refractivity contribution in [2.24, 2.45) is 0 Å². The summed E-state index contributed by atoms with van der Waals surface area (Å²) in [6.45, 7) is -0.0994. The van der Waals surface area contributed by atoms with Crippen LogP contribution in [0.1, 0.15) is 6.42 Å². The SMILES string of the molecule is O=S1(=O)CC(CCO)Nc2cc(F)ccc21. The Morgan fingerprint density at radius 2 is 2.25 bits per heavy atom. The molecule has 0 spiro atoms. The standard InChI is InChI=1S/C10H12FNO3S/c11-7-1-2-10-9(5-7)12-8(3-4-13)6-16(10,14)15/h1-2,5,8,12-13H,3-4,6H2. The largest absolute Gasteiger partial charge is 0.396 e. The number of aliphatic hydroxyl groups excluding tert-OH is 1. The van der Waals surface area contributed by atoms with Crippen LogP contribution < -0.4 is 5.32 Å². The second-order valence-corrected chi connectivity index (χ2v) is 5.78. The molecule has 2 N–H and O–H groups in total. The first kappa shape index (κ1) is 11.3. The molecule has 0 aromatic heterocycles. The molecule has 1 atom stereocenters. The van der Waals surface area contributed by atoms with Gasteiger partial charge in [0.15, 0.2) is 9.84 Å². The predicted molar refractivity (Wildman–Crippen MR) is 57.6 cm³/mol. The molecule has 1 unspecified atom stereocenters. The Morgan fingerprint density at radius 1 is 1.50 bits per heavy atom. The van der Waals surface area contributed by atoms with E-state index >= 15 is 0 Å². The quantitative estimate of drug-likeness (QED) is 0.755. The molecule has 1 heterocycles. The van der Waals surface area contributed by atoms with E-state index in [2.05, 4.69) is 5.32 Å². The van der Waals surface area contributed by atoms with Gasteiger partial charge in [0.2, 0.25) is 0 Å². The van der Waals surface area contributed by atoms with Crippen LogP contribution in [0.3, 0.4) is 0 Å². The van der Waals surface area contributed by atoms with E-state index in [1.165, 1.54) is 6.07 Å². The van der Waals surface area contributed by atoms with Crippen LogP contribution in [0, 0.1) is 5.82 Å². The Kier molecular flexibility index (Phi) is 2.86. The first-order valence-electron chi connectivity index (χ1n) is 4.92. The van der Waals surface area contributed by atoms with Gasteiger partial charge in [-0.3, -0.25) is 0 Å². The molecular weight excluding hydrogens is 233 g/mol. The van der Waals surface area contributed by atoms with Gasteiger partial charge in [-0.2, -0.15) is 0 Å². The molecule has 1 aromatic rings. The highest BCUT2D eigenvalue weighted by Gasteiger charge is 2.29. The minimum absolute atomic E-state index is 0.0633. The first-order chi connectivity index (χ1) is 7.53. The molecule has 0 amide bonds. The number of fused-ring (bicyclic) bond motifs is 1. The number of halogens is 1. The minimum atomic E-state index is -3.37. The number of benzene rings is 1. The molecule has 4 nitrogen and oxygen atoms in total. The maximum Gasteiger partial charge on any atom is 0.182 e. The highest BCUT2D eigenvalue weighted by atomic mass is 32.2. The van der Waals surface area contributed by atoms with Crippen molar-refractivity contribution in [1.82, 2.24) is 0 Å². The van der Waals surface area contributed by atoms with Gasteiger partial charge >= 0.3 is 0 Å². The van der Waals surface area contributed by atoms with Gasteiger partial charge < -0.3 is 10.4 Å². The van der Waals surface area contributed by atoms with Crippen molar-refractivity contribution in [2.45, 2.75) is 17.4 Å². The Bertz CT molecular complexity index is 501. The molecule has 1 aliphatic heterocycles. The third-order valence-electron chi connectivity index (χ3n) is 2.53. The molecule has 0 radical (unpaired) electrons. The number of rotatable bonds is 2. The third kappa shape index (κ3) is 2.03. The highest BCUT2D eigenvalue weighted by molar-refractivity contribution is 7.91. The molecule has 2 rings (SSSR count). The van der Waals surface area contributed by atoms with E-state index in [9.17, 15) is 12.8 Å². The average molecular weight is 245 g/mol. The normalized spacial score (nSPS) is 22.2. The van der Waals surface area contributed by atoms with Gasteiger partial charge in [0, 0.05) is 12.6 Å². The lowest BCUT2D eigenvalue weighted by atomic mass is 10.2. The maximum atomic E-state index is 13.0. The van der Waals surface area contributed by atoms with E-state index < -0.39 is 15.7 Å². The van der Waals surface area contributed by atoms with Crippen LogP contribution in [-0.2, 0) is 9.84 Å². The molecule has 0 aliphatic carbocycles. The third-order valence-corrected chi connectivity index (χ3v) is 4.40. The molecule has 16 heavy (non-hydrogen) atoms. The summed E-state index contributed by atoms with van der Waals surface area (Å²) in [6.07, 6.45) is 0.329. The summed E-state index contributed by atoms with van der Waals surface area (Å²) in [5.74, 6) is -0.544. The Labute approximate surface area is 93.0 Å². The number of sulfone groups is 1. The molecule has 0 saturated carbocycles. The van der Waals surface area contributed by atoms with Crippen LogP contribution in [0.5, 0.6) is 0 Å². The summed E-state index contributed by atoms with van der Waals surface area (Å²) < 4.78 is 36.6. The topological polar surface area (TPSA) is 66.4 Å². The lowest BCUT2D eigenvalue weighted by molar-refractivity contribution is 0.282. The van der Waals surface area contributed by atoms with Crippen LogP contribution in [0.2, 0.25) is 0 Å². The van der Waals surface area contributed by atoms with Gasteiger partial charge in [0.25, 0.3) is 0 Å². The zero-order valence-electron chi connectivity index (χ0n) is 8.48. The minimum Gasteiger partial charge on any atom is -0.396 e. The second kappa shape index (κ2) is 4.03. The van der Waals surface area contributed by atoms with Crippen LogP contribution in [0.25, 0.3) is 0 Å². The van der Waals surface area contributed by atoms with Crippen molar-refractivity contribution in [3.05, 3.63) is 24.0 Å². The number of hydrogen-bond acceptors (Lipinski definition) is 4. The molecule has 1 aliphatic rings. The zero-order chi connectivity index (χ0) is 11.8. The second-order valence-electron chi connectivity index (χ2n) is 3.78. The fourth-order valence-corrected chi connectivity index (χ4v) is 3.50. The van der Waals surface area contributed by atoms with Crippen molar-refractivity contribution in [3.8, 4) is 0 Å². The Morgan fingerprint density at radius 3 is 2.94 bits per heavy atom. The Balaban J connectivity index is 2.44. The summed E-state index contributed by atoms with van der Waals surface area (Å²) in [7, 11) is -3.37. The highest BCUT2D eigenvalue weighted by Crippen LogP contribution is 2.29. The van der Waals surface area contributed by atoms with E-state index in [1.807, 2.05) is 0 Å². The number of aliphatic hydroxyl groups is 1. The van der Waals surface area contributed by atoms with Crippen molar-refractivity contribution in [1.29, 1.82) is 0 Å². The van der Waals surface area contributed by atoms with Crippen molar-refractivity contribution < 1.29 is 17.9 Å². The molecule has 88 valence electrons. The van der Waals surface area contributed by atoms with E-state index in [4.69, 9.17) is 5.11 Å². The summed E-state index contributed by atoms with van der Waals surface area (Å²) in [6, 6.07) is 3.20.